The fraction of sp³-hybridized carbons (Fsp3) is 1.00. The zero-order chi connectivity index (χ0) is 5.28. The smallest absolute Gasteiger partial charge is 0.0156 e. The van der Waals surface area contributed by atoms with Crippen LogP contribution in [0.15, 0.2) is 0 Å². The second-order valence-electron chi connectivity index (χ2n) is 2.18. The number of rotatable bonds is 2. The van der Waals surface area contributed by atoms with E-state index in [9.17, 15) is 0 Å². The van der Waals surface area contributed by atoms with Crippen LogP contribution in [0.3, 0.4) is 0 Å². The van der Waals surface area contributed by atoms with E-state index in [-0.39, 0.29) is 0 Å². The van der Waals surface area contributed by atoms with Crippen molar-refractivity contribution in [1.29, 1.82) is 0 Å². The molecule has 1 unspecified atom stereocenters. The van der Waals surface area contributed by atoms with Crippen molar-refractivity contribution in [2.45, 2.75) is 18.9 Å². The zero-order valence-electron chi connectivity index (χ0n) is 4.30. The standard InChI is InChI=1S/C5H11NS/c6-5(3-7)4-1-2-4/h4-5,7H,1-3,6H2. The van der Waals surface area contributed by atoms with E-state index in [0.29, 0.717) is 6.04 Å². The van der Waals surface area contributed by atoms with Crippen molar-refractivity contribution in [3.05, 3.63) is 0 Å². The summed E-state index contributed by atoms with van der Waals surface area (Å²) in [6.45, 7) is 0. The molecule has 0 aromatic carbocycles. The molecule has 0 aliphatic heterocycles. The van der Waals surface area contributed by atoms with Gasteiger partial charge in [0.1, 0.15) is 0 Å². The Bertz CT molecular complexity index is 61.1. The summed E-state index contributed by atoms with van der Waals surface area (Å²) < 4.78 is 0. The fourth-order valence-corrected chi connectivity index (χ4v) is 0.972. The molecule has 0 radical (unpaired) electrons. The maximum absolute atomic E-state index is 5.60. The molecule has 7 heavy (non-hydrogen) atoms. The Morgan fingerprint density at radius 1 is 1.71 bits per heavy atom. The summed E-state index contributed by atoms with van der Waals surface area (Å²) in [6, 6.07) is 0.378. The molecule has 2 N–H and O–H groups in total. The topological polar surface area (TPSA) is 26.0 Å². The molecule has 0 saturated heterocycles. The van der Waals surface area contributed by atoms with Gasteiger partial charge in [0.2, 0.25) is 0 Å². The molecule has 1 aliphatic rings. The quantitative estimate of drug-likeness (QED) is 0.510. The van der Waals surface area contributed by atoms with E-state index in [0.717, 1.165) is 11.7 Å². The third-order valence-corrected chi connectivity index (χ3v) is 1.86. The van der Waals surface area contributed by atoms with E-state index >= 15 is 0 Å². The molecule has 1 aliphatic carbocycles. The van der Waals surface area contributed by atoms with Crippen molar-refractivity contribution in [3.63, 3.8) is 0 Å². The molecule has 1 nitrogen and oxygen atoms in total. The van der Waals surface area contributed by atoms with Gasteiger partial charge in [0.25, 0.3) is 0 Å². The second kappa shape index (κ2) is 2.05. The average molecular weight is 117 g/mol. The predicted octanol–water partition coefficient (Wildman–Crippen LogP) is 0.653. The summed E-state index contributed by atoms with van der Waals surface area (Å²) in [5.41, 5.74) is 5.60. The molecule has 0 spiro atoms. The van der Waals surface area contributed by atoms with Gasteiger partial charge in [-0.05, 0) is 18.8 Å². The largest absolute Gasteiger partial charge is 0.327 e. The Morgan fingerprint density at radius 2 is 2.29 bits per heavy atom. The van der Waals surface area contributed by atoms with Crippen LogP contribution in [0.4, 0.5) is 0 Å². The van der Waals surface area contributed by atoms with E-state index in [4.69, 9.17) is 5.73 Å². The van der Waals surface area contributed by atoms with Crippen LogP contribution in [0, 0.1) is 5.92 Å². The molecule has 0 aromatic rings. The van der Waals surface area contributed by atoms with Gasteiger partial charge in [-0.25, -0.2) is 0 Å². The lowest BCUT2D eigenvalue weighted by atomic mass is 10.2. The number of nitrogens with two attached hydrogens (primary N) is 1. The Morgan fingerprint density at radius 3 is 2.43 bits per heavy atom. The summed E-state index contributed by atoms with van der Waals surface area (Å²) in [6.07, 6.45) is 2.67. The van der Waals surface area contributed by atoms with Crippen molar-refractivity contribution in [2.24, 2.45) is 11.7 Å². The van der Waals surface area contributed by atoms with E-state index in [1.165, 1.54) is 12.8 Å². The van der Waals surface area contributed by atoms with E-state index in [1.54, 1.807) is 0 Å². The van der Waals surface area contributed by atoms with Gasteiger partial charge in [-0.1, -0.05) is 0 Å². The summed E-state index contributed by atoms with van der Waals surface area (Å²) in [5.74, 6) is 1.67. The van der Waals surface area contributed by atoms with Crippen LogP contribution in [-0.4, -0.2) is 11.8 Å². The number of hydrogen-bond donors (Lipinski definition) is 2. The molecule has 1 atom stereocenters. The van der Waals surface area contributed by atoms with Crippen LogP contribution in [0.1, 0.15) is 12.8 Å². The van der Waals surface area contributed by atoms with E-state index in [1.807, 2.05) is 0 Å². The monoisotopic (exact) mass is 117 g/mol. The van der Waals surface area contributed by atoms with Gasteiger partial charge in [-0.15, -0.1) is 0 Å². The van der Waals surface area contributed by atoms with Crippen LogP contribution in [0.5, 0.6) is 0 Å². The summed E-state index contributed by atoms with van der Waals surface area (Å²) in [5, 5.41) is 0. The van der Waals surface area contributed by atoms with Gasteiger partial charge in [-0.2, -0.15) is 12.6 Å². The molecule has 0 aromatic heterocycles. The molecule has 1 fully saturated rings. The fourth-order valence-electron chi connectivity index (χ4n) is 0.673. The Balaban J connectivity index is 2.10. The highest BCUT2D eigenvalue weighted by Crippen LogP contribution is 2.31. The maximum Gasteiger partial charge on any atom is 0.0156 e. The van der Waals surface area contributed by atoms with Crippen LogP contribution < -0.4 is 5.73 Å². The first-order chi connectivity index (χ1) is 3.34. The molecule has 0 amide bonds. The maximum atomic E-state index is 5.60. The third kappa shape index (κ3) is 1.35. The lowest BCUT2D eigenvalue weighted by Crippen LogP contribution is -2.23. The Labute approximate surface area is 49.7 Å². The summed E-state index contributed by atoms with van der Waals surface area (Å²) in [7, 11) is 0. The number of thiol groups is 1. The highest BCUT2D eigenvalue weighted by atomic mass is 32.1. The summed E-state index contributed by atoms with van der Waals surface area (Å²) in [4.78, 5) is 0. The normalized spacial score (nSPS) is 24.9. The SMILES string of the molecule is NC(CS)C1CC1. The highest BCUT2D eigenvalue weighted by molar-refractivity contribution is 7.80. The van der Waals surface area contributed by atoms with Crippen LogP contribution in [0.2, 0.25) is 0 Å². The molecular formula is C5H11NS. The zero-order valence-corrected chi connectivity index (χ0v) is 5.20. The van der Waals surface area contributed by atoms with Gasteiger partial charge in [0.05, 0.1) is 0 Å². The first-order valence-electron chi connectivity index (χ1n) is 2.71. The minimum absolute atomic E-state index is 0.378. The van der Waals surface area contributed by atoms with Gasteiger partial charge >= 0.3 is 0 Å². The van der Waals surface area contributed by atoms with Crippen molar-refractivity contribution >= 4 is 12.6 Å². The first-order valence-corrected chi connectivity index (χ1v) is 3.34. The van der Waals surface area contributed by atoms with Gasteiger partial charge < -0.3 is 5.73 Å². The number of hydrogen-bond acceptors (Lipinski definition) is 2. The lowest BCUT2D eigenvalue weighted by Gasteiger charge is -2.01. The van der Waals surface area contributed by atoms with Crippen LogP contribution >= 0.6 is 12.6 Å². The lowest BCUT2D eigenvalue weighted by molar-refractivity contribution is 0.660. The van der Waals surface area contributed by atoms with Crippen molar-refractivity contribution in [3.8, 4) is 0 Å². The second-order valence-corrected chi connectivity index (χ2v) is 2.55. The predicted molar refractivity (Wildman–Crippen MR) is 34.6 cm³/mol. The van der Waals surface area contributed by atoms with Crippen molar-refractivity contribution < 1.29 is 0 Å². The molecule has 1 saturated carbocycles. The molecular weight excluding hydrogens is 106 g/mol. The van der Waals surface area contributed by atoms with Crippen molar-refractivity contribution in [2.75, 3.05) is 5.75 Å². The van der Waals surface area contributed by atoms with Crippen molar-refractivity contribution in [1.82, 2.24) is 0 Å². The van der Waals surface area contributed by atoms with Gasteiger partial charge in [0, 0.05) is 11.8 Å². The average Bonchev–Trinajstić information content (AvgIpc) is 2.44. The molecule has 42 valence electrons. The molecule has 0 heterocycles. The highest BCUT2D eigenvalue weighted by Gasteiger charge is 2.26. The molecule has 0 bridgehead atoms. The minimum atomic E-state index is 0.378. The van der Waals surface area contributed by atoms with Gasteiger partial charge in [0.15, 0.2) is 0 Å². The van der Waals surface area contributed by atoms with E-state index < -0.39 is 0 Å². The Hall–Kier alpha value is 0.310. The van der Waals surface area contributed by atoms with Gasteiger partial charge in [-0.3, -0.25) is 0 Å². The summed E-state index contributed by atoms with van der Waals surface area (Å²) >= 11 is 4.07. The third-order valence-electron chi connectivity index (χ3n) is 1.44. The van der Waals surface area contributed by atoms with Crippen LogP contribution in [0.25, 0.3) is 0 Å². The van der Waals surface area contributed by atoms with E-state index in [2.05, 4.69) is 12.6 Å². The molecule has 2 heteroatoms. The minimum Gasteiger partial charge on any atom is -0.327 e. The first kappa shape index (κ1) is 5.45. The molecule has 1 rings (SSSR count). The van der Waals surface area contributed by atoms with Crippen LogP contribution in [-0.2, 0) is 0 Å². The Kier molecular flexibility index (Phi) is 1.60.